The monoisotopic (exact) mass is 328 g/mol. The number of carboxylic acids is 1. The number of benzene rings is 1. The van der Waals surface area contributed by atoms with Crippen molar-refractivity contribution >= 4 is 27.5 Å². The van der Waals surface area contributed by atoms with E-state index < -0.39 is 5.97 Å². The second-order valence-electron chi connectivity index (χ2n) is 5.40. The zero-order chi connectivity index (χ0) is 16.6. The summed E-state index contributed by atoms with van der Waals surface area (Å²) in [6, 6.07) is 7.80. The van der Waals surface area contributed by atoms with E-state index in [1.54, 1.807) is 4.57 Å². The molecule has 0 aliphatic heterocycles. The van der Waals surface area contributed by atoms with Gasteiger partial charge in [0, 0.05) is 17.5 Å². The average molecular weight is 328 g/mol. The fourth-order valence-corrected chi connectivity index (χ4v) is 3.52. The number of hydrogen-bond donors (Lipinski definition) is 1. The second-order valence-corrected chi connectivity index (χ2v) is 6.25. The van der Waals surface area contributed by atoms with Crippen LogP contribution in [0, 0.1) is 6.92 Å². The largest absolute Gasteiger partial charge is 0.478 e. The highest BCUT2D eigenvalue weighted by Crippen LogP contribution is 2.26. The lowest BCUT2D eigenvalue weighted by Gasteiger charge is -2.12. The van der Waals surface area contributed by atoms with Crippen LogP contribution in [-0.2, 0) is 6.54 Å². The van der Waals surface area contributed by atoms with Gasteiger partial charge in [-0.05, 0) is 19.4 Å². The molecule has 0 spiro atoms. The summed E-state index contributed by atoms with van der Waals surface area (Å²) < 4.78 is 1.58. The van der Waals surface area contributed by atoms with Crippen LogP contribution in [0.25, 0.3) is 21.6 Å². The molecule has 0 saturated carbocycles. The summed E-state index contributed by atoms with van der Waals surface area (Å²) in [5, 5.41) is 11.0. The van der Waals surface area contributed by atoms with Crippen molar-refractivity contribution in [3.05, 3.63) is 51.1 Å². The molecule has 118 valence electrons. The van der Waals surface area contributed by atoms with Gasteiger partial charge in [0.15, 0.2) is 0 Å². The Hall–Kier alpha value is -2.47. The molecule has 0 fully saturated rings. The SMILES string of the molecule is CCCn1c(-c2cccc(C)c2)nc2scc(C(=O)O)c2c1=O. The maximum Gasteiger partial charge on any atom is 0.337 e. The molecule has 3 aromatic rings. The third-order valence-corrected chi connectivity index (χ3v) is 4.52. The predicted molar refractivity (Wildman–Crippen MR) is 91.3 cm³/mol. The van der Waals surface area contributed by atoms with Gasteiger partial charge in [0.1, 0.15) is 10.7 Å². The van der Waals surface area contributed by atoms with Crippen molar-refractivity contribution in [2.24, 2.45) is 0 Å². The Morgan fingerprint density at radius 3 is 2.83 bits per heavy atom. The van der Waals surface area contributed by atoms with Gasteiger partial charge in [0.2, 0.25) is 0 Å². The maximum absolute atomic E-state index is 12.9. The lowest BCUT2D eigenvalue weighted by atomic mass is 10.1. The number of aryl methyl sites for hydroxylation is 1. The molecule has 1 aromatic carbocycles. The van der Waals surface area contributed by atoms with Gasteiger partial charge < -0.3 is 5.11 Å². The van der Waals surface area contributed by atoms with E-state index in [-0.39, 0.29) is 16.5 Å². The Bertz CT molecular complexity index is 956. The van der Waals surface area contributed by atoms with E-state index in [9.17, 15) is 14.7 Å². The molecule has 6 heteroatoms. The summed E-state index contributed by atoms with van der Waals surface area (Å²) in [5.74, 6) is -0.506. The first kappa shape index (κ1) is 15.4. The van der Waals surface area contributed by atoms with Crippen LogP contribution in [0.15, 0.2) is 34.4 Å². The van der Waals surface area contributed by atoms with Crippen molar-refractivity contribution in [1.29, 1.82) is 0 Å². The number of fused-ring (bicyclic) bond motifs is 1. The summed E-state index contributed by atoms with van der Waals surface area (Å²) in [6.45, 7) is 4.46. The lowest BCUT2D eigenvalue weighted by Crippen LogP contribution is -2.24. The molecule has 0 saturated heterocycles. The van der Waals surface area contributed by atoms with Crippen molar-refractivity contribution in [3.8, 4) is 11.4 Å². The van der Waals surface area contributed by atoms with Crippen molar-refractivity contribution in [2.45, 2.75) is 26.8 Å². The summed E-state index contributed by atoms with van der Waals surface area (Å²) in [6.07, 6.45) is 0.762. The van der Waals surface area contributed by atoms with Crippen molar-refractivity contribution in [1.82, 2.24) is 9.55 Å². The molecule has 0 radical (unpaired) electrons. The lowest BCUT2D eigenvalue weighted by molar-refractivity contribution is 0.0699. The molecule has 0 bridgehead atoms. The fourth-order valence-electron chi connectivity index (χ4n) is 2.62. The number of carboxylic acid groups (broad SMARTS) is 1. The molecule has 23 heavy (non-hydrogen) atoms. The van der Waals surface area contributed by atoms with Crippen LogP contribution >= 0.6 is 11.3 Å². The van der Waals surface area contributed by atoms with Crippen LogP contribution in [0.2, 0.25) is 0 Å². The van der Waals surface area contributed by atoms with Gasteiger partial charge in [-0.15, -0.1) is 11.3 Å². The first-order chi connectivity index (χ1) is 11.0. The molecule has 2 heterocycles. The molecule has 1 N–H and O–H groups in total. The summed E-state index contributed by atoms with van der Waals surface area (Å²) >= 11 is 1.19. The molecular weight excluding hydrogens is 312 g/mol. The number of nitrogens with zero attached hydrogens (tertiary/aromatic N) is 2. The van der Waals surface area contributed by atoms with Gasteiger partial charge in [0.05, 0.1) is 10.9 Å². The third kappa shape index (κ3) is 2.66. The molecule has 0 unspecified atom stereocenters. The van der Waals surface area contributed by atoms with Gasteiger partial charge in [-0.3, -0.25) is 9.36 Å². The number of aromatic nitrogens is 2. The Kier molecular flexibility index (Phi) is 4.00. The normalized spacial score (nSPS) is 11.0. The number of rotatable bonds is 4. The van der Waals surface area contributed by atoms with Crippen molar-refractivity contribution in [3.63, 3.8) is 0 Å². The zero-order valence-electron chi connectivity index (χ0n) is 12.9. The van der Waals surface area contributed by atoms with Gasteiger partial charge in [-0.25, -0.2) is 9.78 Å². The van der Waals surface area contributed by atoms with Crippen molar-refractivity contribution < 1.29 is 9.90 Å². The van der Waals surface area contributed by atoms with Gasteiger partial charge in [0.25, 0.3) is 5.56 Å². The standard InChI is InChI=1S/C17H16N2O3S/c1-3-7-19-14(11-6-4-5-10(2)8-11)18-15-13(16(19)20)12(9-23-15)17(21)22/h4-6,8-9H,3,7H2,1-2H3,(H,21,22). The van der Waals surface area contributed by atoms with Crippen molar-refractivity contribution in [2.75, 3.05) is 0 Å². The van der Waals surface area contributed by atoms with E-state index in [0.29, 0.717) is 17.2 Å². The van der Waals surface area contributed by atoms with Crippen LogP contribution in [0.3, 0.4) is 0 Å². The highest BCUT2D eigenvalue weighted by molar-refractivity contribution is 7.17. The van der Waals surface area contributed by atoms with E-state index in [1.165, 1.54) is 16.7 Å². The molecule has 0 aliphatic carbocycles. The first-order valence-electron chi connectivity index (χ1n) is 7.35. The van der Waals surface area contributed by atoms with Gasteiger partial charge in [-0.1, -0.05) is 30.7 Å². The first-order valence-corrected chi connectivity index (χ1v) is 8.23. The van der Waals surface area contributed by atoms with Crippen LogP contribution in [0.5, 0.6) is 0 Å². The molecule has 3 rings (SSSR count). The number of thiophene rings is 1. The minimum atomic E-state index is -1.10. The van der Waals surface area contributed by atoms with Gasteiger partial charge in [-0.2, -0.15) is 0 Å². The smallest absolute Gasteiger partial charge is 0.337 e. The van der Waals surface area contributed by atoms with Crippen LogP contribution in [0.4, 0.5) is 0 Å². The fraction of sp³-hybridized carbons (Fsp3) is 0.235. The topological polar surface area (TPSA) is 72.2 Å². The van der Waals surface area contributed by atoms with Crippen LogP contribution in [0.1, 0.15) is 29.3 Å². The predicted octanol–water partition coefficient (Wildman–Crippen LogP) is 3.54. The Morgan fingerprint density at radius 1 is 1.39 bits per heavy atom. The second kappa shape index (κ2) is 5.96. The van der Waals surface area contributed by atoms with Crippen LogP contribution < -0.4 is 5.56 Å². The minimum absolute atomic E-state index is 0.0307. The molecule has 2 aromatic heterocycles. The van der Waals surface area contributed by atoms with E-state index in [1.807, 2.05) is 38.1 Å². The van der Waals surface area contributed by atoms with E-state index in [2.05, 4.69) is 4.98 Å². The Labute approximate surface area is 136 Å². The molecule has 0 atom stereocenters. The van der Waals surface area contributed by atoms with Crippen LogP contribution in [-0.4, -0.2) is 20.6 Å². The minimum Gasteiger partial charge on any atom is -0.478 e. The molecule has 5 nitrogen and oxygen atoms in total. The zero-order valence-corrected chi connectivity index (χ0v) is 13.7. The maximum atomic E-state index is 12.9. The summed E-state index contributed by atoms with van der Waals surface area (Å²) in [4.78, 5) is 29.2. The number of carbonyl (C=O) groups is 1. The highest BCUT2D eigenvalue weighted by atomic mass is 32.1. The third-order valence-electron chi connectivity index (χ3n) is 3.65. The average Bonchev–Trinajstić information content (AvgIpc) is 2.94. The van der Waals surface area contributed by atoms with E-state index >= 15 is 0 Å². The Morgan fingerprint density at radius 2 is 2.17 bits per heavy atom. The quantitative estimate of drug-likeness (QED) is 0.795. The molecule has 0 aliphatic rings. The molecule has 0 amide bonds. The van der Waals surface area contributed by atoms with E-state index in [4.69, 9.17) is 0 Å². The summed E-state index contributed by atoms with van der Waals surface area (Å²) in [7, 11) is 0. The molecular formula is C17H16N2O3S. The number of aromatic carboxylic acids is 1. The van der Waals surface area contributed by atoms with Gasteiger partial charge >= 0.3 is 5.97 Å². The highest BCUT2D eigenvalue weighted by Gasteiger charge is 2.19. The Balaban J connectivity index is 2.36. The number of hydrogen-bond acceptors (Lipinski definition) is 4. The summed E-state index contributed by atoms with van der Waals surface area (Å²) in [5.41, 5.74) is 1.69. The van der Waals surface area contributed by atoms with E-state index in [0.717, 1.165) is 17.5 Å².